The van der Waals surface area contributed by atoms with Crippen LogP contribution < -0.4 is 0 Å². The Balaban J connectivity index is 1.85. The van der Waals surface area contributed by atoms with E-state index in [0.717, 1.165) is 5.56 Å². The lowest BCUT2D eigenvalue weighted by Crippen LogP contribution is -2.01. The van der Waals surface area contributed by atoms with E-state index in [4.69, 9.17) is 4.42 Å². The summed E-state index contributed by atoms with van der Waals surface area (Å²) in [5.41, 5.74) is 2.51. The molecule has 0 atom stereocenters. The molecular formula is C23H18FNO3. The molecule has 0 aliphatic carbocycles. The van der Waals surface area contributed by atoms with E-state index in [1.54, 1.807) is 30.3 Å². The van der Waals surface area contributed by atoms with Gasteiger partial charge < -0.3 is 9.52 Å². The molecular weight excluding hydrogens is 357 g/mol. The molecule has 2 aromatic heterocycles. The molecule has 0 saturated heterocycles. The highest BCUT2D eigenvalue weighted by atomic mass is 19.1. The molecule has 4 aromatic rings. The van der Waals surface area contributed by atoms with E-state index in [-0.39, 0.29) is 17.3 Å². The standard InChI is InChI=1S/C23H18FNO3/c1-13(2)14-7-8-19-16(11-14)17(23(26)27)12-20(25-19)22-10-9-21(28-22)15-5-3-4-6-18(15)24/h3-13H,1-2H3,(H,26,27). The molecule has 0 bridgehead atoms. The summed E-state index contributed by atoms with van der Waals surface area (Å²) in [6.45, 7) is 4.10. The van der Waals surface area contributed by atoms with E-state index < -0.39 is 5.97 Å². The SMILES string of the molecule is CC(C)c1ccc2nc(-c3ccc(-c4ccccc4F)o3)cc(C(=O)O)c2c1. The Morgan fingerprint density at radius 2 is 1.79 bits per heavy atom. The fraction of sp³-hybridized carbons (Fsp3) is 0.130. The molecule has 0 unspecified atom stereocenters. The molecule has 2 aromatic carbocycles. The largest absolute Gasteiger partial charge is 0.478 e. The summed E-state index contributed by atoms with van der Waals surface area (Å²) in [5.74, 6) is -0.394. The third-order valence-corrected chi connectivity index (χ3v) is 4.73. The molecule has 0 spiro atoms. The number of carbonyl (C=O) groups is 1. The molecule has 0 amide bonds. The molecule has 140 valence electrons. The van der Waals surface area contributed by atoms with E-state index in [0.29, 0.717) is 33.7 Å². The van der Waals surface area contributed by atoms with Crippen LogP contribution in [0.3, 0.4) is 0 Å². The molecule has 0 radical (unpaired) electrons. The Bertz CT molecular complexity index is 1190. The molecule has 5 heteroatoms. The van der Waals surface area contributed by atoms with E-state index >= 15 is 0 Å². The smallest absolute Gasteiger partial charge is 0.336 e. The van der Waals surface area contributed by atoms with Crippen LogP contribution in [0.15, 0.2) is 65.1 Å². The lowest BCUT2D eigenvalue weighted by Gasteiger charge is -2.10. The van der Waals surface area contributed by atoms with Crippen molar-refractivity contribution in [2.24, 2.45) is 0 Å². The van der Waals surface area contributed by atoms with Crippen LogP contribution >= 0.6 is 0 Å². The van der Waals surface area contributed by atoms with Crippen molar-refractivity contribution in [3.8, 4) is 22.8 Å². The summed E-state index contributed by atoms with van der Waals surface area (Å²) >= 11 is 0. The number of halogens is 1. The summed E-state index contributed by atoms with van der Waals surface area (Å²) in [4.78, 5) is 16.4. The average molecular weight is 375 g/mol. The van der Waals surface area contributed by atoms with E-state index in [1.165, 1.54) is 12.1 Å². The number of carboxylic acid groups (broad SMARTS) is 1. The predicted octanol–water partition coefficient (Wildman–Crippen LogP) is 6.12. The molecule has 4 nitrogen and oxygen atoms in total. The van der Waals surface area contributed by atoms with Gasteiger partial charge in [-0.1, -0.05) is 32.0 Å². The second kappa shape index (κ2) is 6.93. The number of aromatic carboxylic acids is 1. The maximum Gasteiger partial charge on any atom is 0.336 e. The maximum atomic E-state index is 14.0. The highest BCUT2D eigenvalue weighted by Gasteiger charge is 2.17. The lowest BCUT2D eigenvalue weighted by molar-refractivity contribution is 0.0699. The first-order valence-corrected chi connectivity index (χ1v) is 8.97. The van der Waals surface area contributed by atoms with E-state index in [9.17, 15) is 14.3 Å². The fourth-order valence-electron chi connectivity index (χ4n) is 3.19. The highest BCUT2D eigenvalue weighted by molar-refractivity contribution is 6.03. The van der Waals surface area contributed by atoms with E-state index in [1.807, 2.05) is 18.2 Å². The summed E-state index contributed by atoms with van der Waals surface area (Å²) in [6.07, 6.45) is 0. The number of hydrogen-bond donors (Lipinski definition) is 1. The number of furan rings is 1. The first kappa shape index (κ1) is 17.9. The van der Waals surface area contributed by atoms with Gasteiger partial charge in [0.1, 0.15) is 17.3 Å². The molecule has 2 heterocycles. The first-order chi connectivity index (χ1) is 13.4. The van der Waals surface area contributed by atoms with Gasteiger partial charge in [0.15, 0.2) is 5.76 Å². The molecule has 0 aliphatic rings. The van der Waals surface area contributed by atoms with Gasteiger partial charge in [0.05, 0.1) is 16.6 Å². The normalized spacial score (nSPS) is 11.3. The van der Waals surface area contributed by atoms with Gasteiger partial charge in [-0.3, -0.25) is 0 Å². The number of aromatic nitrogens is 1. The van der Waals surface area contributed by atoms with Gasteiger partial charge >= 0.3 is 5.97 Å². The fourth-order valence-corrected chi connectivity index (χ4v) is 3.19. The number of rotatable bonds is 4. The second-order valence-electron chi connectivity index (χ2n) is 6.94. The van der Waals surface area contributed by atoms with Crippen molar-refractivity contribution in [1.82, 2.24) is 4.98 Å². The van der Waals surface area contributed by atoms with Crippen LogP contribution in [0.2, 0.25) is 0 Å². The van der Waals surface area contributed by atoms with Gasteiger partial charge in [0.2, 0.25) is 0 Å². The van der Waals surface area contributed by atoms with Crippen LogP contribution in [0, 0.1) is 5.82 Å². The summed E-state index contributed by atoms with van der Waals surface area (Å²) in [7, 11) is 0. The van der Waals surface area contributed by atoms with Crippen molar-refractivity contribution in [2.45, 2.75) is 19.8 Å². The Morgan fingerprint density at radius 1 is 1.04 bits per heavy atom. The third-order valence-electron chi connectivity index (χ3n) is 4.73. The number of benzene rings is 2. The predicted molar refractivity (Wildman–Crippen MR) is 106 cm³/mol. The van der Waals surface area contributed by atoms with Gasteiger partial charge in [-0.25, -0.2) is 14.2 Å². The van der Waals surface area contributed by atoms with Gasteiger partial charge in [0, 0.05) is 5.39 Å². The molecule has 0 fully saturated rings. The minimum atomic E-state index is -1.03. The van der Waals surface area contributed by atoms with Crippen molar-refractivity contribution in [1.29, 1.82) is 0 Å². The third kappa shape index (κ3) is 3.16. The van der Waals surface area contributed by atoms with Crippen molar-refractivity contribution in [3.05, 3.63) is 77.6 Å². The number of fused-ring (bicyclic) bond motifs is 1. The van der Waals surface area contributed by atoms with Crippen LogP contribution in [0.4, 0.5) is 4.39 Å². The highest BCUT2D eigenvalue weighted by Crippen LogP contribution is 2.32. The number of hydrogen-bond acceptors (Lipinski definition) is 3. The molecule has 28 heavy (non-hydrogen) atoms. The van der Waals surface area contributed by atoms with Crippen molar-refractivity contribution < 1.29 is 18.7 Å². The Kier molecular flexibility index (Phi) is 4.43. The summed E-state index contributed by atoms with van der Waals surface area (Å²) < 4.78 is 19.8. The first-order valence-electron chi connectivity index (χ1n) is 8.97. The van der Waals surface area contributed by atoms with Crippen molar-refractivity contribution >= 4 is 16.9 Å². The van der Waals surface area contributed by atoms with Crippen molar-refractivity contribution in [3.63, 3.8) is 0 Å². The lowest BCUT2D eigenvalue weighted by atomic mass is 9.98. The Labute approximate surface area is 161 Å². The maximum absolute atomic E-state index is 14.0. The summed E-state index contributed by atoms with van der Waals surface area (Å²) in [6, 6.07) is 16.8. The molecule has 1 N–H and O–H groups in total. The zero-order chi connectivity index (χ0) is 19.8. The van der Waals surface area contributed by atoms with Gasteiger partial charge in [-0.05, 0) is 53.9 Å². The molecule has 4 rings (SSSR count). The topological polar surface area (TPSA) is 63.3 Å². The van der Waals surface area contributed by atoms with Crippen LogP contribution in [-0.2, 0) is 0 Å². The van der Waals surface area contributed by atoms with E-state index in [2.05, 4.69) is 18.8 Å². The van der Waals surface area contributed by atoms with Gasteiger partial charge in [-0.2, -0.15) is 0 Å². The van der Waals surface area contributed by atoms with Gasteiger partial charge in [0.25, 0.3) is 0 Å². The number of carboxylic acids is 1. The Hall–Kier alpha value is -3.47. The minimum Gasteiger partial charge on any atom is -0.478 e. The minimum absolute atomic E-state index is 0.159. The van der Waals surface area contributed by atoms with Crippen LogP contribution in [0.5, 0.6) is 0 Å². The average Bonchev–Trinajstić information content (AvgIpc) is 3.16. The van der Waals surface area contributed by atoms with Crippen molar-refractivity contribution in [2.75, 3.05) is 0 Å². The van der Waals surface area contributed by atoms with Gasteiger partial charge in [-0.15, -0.1) is 0 Å². The van der Waals surface area contributed by atoms with Crippen LogP contribution in [0.25, 0.3) is 33.7 Å². The zero-order valence-corrected chi connectivity index (χ0v) is 15.4. The molecule has 0 aliphatic heterocycles. The Morgan fingerprint density at radius 3 is 2.50 bits per heavy atom. The number of pyridine rings is 1. The molecule has 0 saturated carbocycles. The summed E-state index contributed by atoms with van der Waals surface area (Å²) in [5, 5.41) is 10.3. The second-order valence-corrected chi connectivity index (χ2v) is 6.94. The number of nitrogens with zero attached hydrogens (tertiary/aromatic N) is 1. The van der Waals surface area contributed by atoms with Crippen LogP contribution in [-0.4, -0.2) is 16.1 Å². The quantitative estimate of drug-likeness (QED) is 0.466. The zero-order valence-electron chi connectivity index (χ0n) is 15.4. The van der Waals surface area contributed by atoms with Crippen LogP contribution in [0.1, 0.15) is 35.7 Å². The monoisotopic (exact) mass is 375 g/mol.